The van der Waals surface area contributed by atoms with E-state index in [1.165, 1.54) is 5.56 Å². The minimum absolute atomic E-state index is 0.109. The van der Waals surface area contributed by atoms with Gasteiger partial charge in [0.1, 0.15) is 5.41 Å². The third-order valence-corrected chi connectivity index (χ3v) is 4.74. The van der Waals surface area contributed by atoms with E-state index in [2.05, 4.69) is 19.1 Å². The lowest BCUT2D eigenvalue weighted by Gasteiger charge is -2.22. The molecule has 108 valence electrons. The van der Waals surface area contributed by atoms with E-state index in [0.29, 0.717) is 6.61 Å². The highest BCUT2D eigenvalue weighted by molar-refractivity contribution is 5.91. The van der Waals surface area contributed by atoms with Crippen molar-refractivity contribution in [3.05, 3.63) is 71.8 Å². The van der Waals surface area contributed by atoms with E-state index in [0.717, 1.165) is 12.0 Å². The molecule has 3 rings (SSSR count). The zero-order chi connectivity index (χ0) is 14.9. The van der Waals surface area contributed by atoms with Crippen LogP contribution in [0.3, 0.4) is 0 Å². The summed E-state index contributed by atoms with van der Waals surface area (Å²) in [7, 11) is 0. The van der Waals surface area contributed by atoms with Gasteiger partial charge in [0.05, 0.1) is 6.61 Å². The molecule has 1 aliphatic rings. The molecule has 2 atom stereocenters. The van der Waals surface area contributed by atoms with Crippen LogP contribution in [0.4, 0.5) is 0 Å². The summed E-state index contributed by atoms with van der Waals surface area (Å²) in [5.74, 6) is -0.109. The Balaban J connectivity index is 2.07. The fourth-order valence-electron chi connectivity index (χ4n) is 3.45. The first-order valence-corrected chi connectivity index (χ1v) is 7.43. The minimum Gasteiger partial charge on any atom is -0.465 e. The molecule has 0 amide bonds. The van der Waals surface area contributed by atoms with E-state index in [1.54, 1.807) is 0 Å². The molecule has 0 unspecified atom stereocenters. The molecule has 0 spiro atoms. The van der Waals surface area contributed by atoms with Crippen molar-refractivity contribution in [2.75, 3.05) is 6.61 Å². The van der Waals surface area contributed by atoms with Crippen LogP contribution in [-0.4, -0.2) is 12.6 Å². The van der Waals surface area contributed by atoms with Gasteiger partial charge in [-0.05, 0) is 24.5 Å². The summed E-state index contributed by atoms with van der Waals surface area (Å²) in [4.78, 5) is 12.7. The summed E-state index contributed by atoms with van der Waals surface area (Å²) >= 11 is 0. The van der Waals surface area contributed by atoms with Crippen LogP contribution in [0.25, 0.3) is 0 Å². The van der Waals surface area contributed by atoms with Gasteiger partial charge in [-0.25, -0.2) is 0 Å². The van der Waals surface area contributed by atoms with Crippen molar-refractivity contribution in [2.24, 2.45) is 0 Å². The Bertz CT molecular complexity index is 635. The average Bonchev–Trinajstić information content (AvgIpc) is 3.18. The quantitative estimate of drug-likeness (QED) is 0.795. The van der Waals surface area contributed by atoms with Gasteiger partial charge in [-0.3, -0.25) is 4.79 Å². The van der Waals surface area contributed by atoms with E-state index < -0.39 is 5.41 Å². The molecular weight excluding hydrogens is 260 g/mol. The fourth-order valence-corrected chi connectivity index (χ4v) is 3.45. The third-order valence-electron chi connectivity index (χ3n) is 4.74. The summed E-state index contributed by atoms with van der Waals surface area (Å²) < 4.78 is 5.40. The number of ether oxygens (including phenoxy) is 1. The van der Waals surface area contributed by atoms with E-state index in [-0.39, 0.29) is 11.4 Å². The zero-order valence-corrected chi connectivity index (χ0v) is 12.5. The molecule has 1 saturated carbocycles. The lowest BCUT2D eigenvalue weighted by atomic mass is 9.83. The summed E-state index contributed by atoms with van der Waals surface area (Å²) in [6, 6.07) is 20.3. The molecule has 0 heterocycles. The number of benzene rings is 2. The van der Waals surface area contributed by atoms with E-state index >= 15 is 0 Å². The van der Waals surface area contributed by atoms with Gasteiger partial charge in [-0.15, -0.1) is 0 Å². The van der Waals surface area contributed by atoms with Crippen LogP contribution in [0.2, 0.25) is 0 Å². The van der Waals surface area contributed by atoms with E-state index in [4.69, 9.17) is 4.74 Å². The Kier molecular flexibility index (Phi) is 3.32. The topological polar surface area (TPSA) is 26.3 Å². The van der Waals surface area contributed by atoms with Gasteiger partial charge in [0.2, 0.25) is 0 Å². The number of hydrogen-bond donors (Lipinski definition) is 0. The maximum atomic E-state index is 12.7. The molecule has 2 heteroatoms. The normalized spacial score (nSPS) is 27.1. The van der Waals surface area contributed by atoms with Gasteiger partial charge in [0, 0.05) is 5.41 Å². The highest BCUT2D eigenvalue weighted by Crippen LogP contribution is 2.65. The summed E-state index contributed by atoms with van der Waals surface area (Å²) in [6.07, 6.45) is 0.798. The van der Waals surface area contributed by atoms with E-state index in [9.17, 15) is 4.79 Å². The van der Waals surface area contributed by atoms with Crippen LogP contribution < -0.4 is 0 Å². The maximum Gasteiger partial charge on any atom is 0.317 e. The van der Waals surface area contributed by atoms with Crippen LogP contribution in [0.5, 0.6) is 0 Å². The number of carbonyl (C=O) groups is 1. The monoisotopic (exact) mass is 280 g/mol. The third kappa shape index (κ3) is 1.98. The smallest absolute Gasteiger partial charge is 0.317 e. The Labute approximate surface area is 125 Å². The second-order valence-corrected chi connectivity index (χ2v) is 5.87. The largest absolute Gasteiger partial charge is 0.465 e. The molecule has 1 fully saturated rings. The SMILES string of the molecule is CCOC(=O)[C@@]1(c2ccccc2)C[C@@]1(C)c1ccccc1. The van der Waals surface area contributed by atoms with E-state index in [1.807, 2.05) is 55.5 Å². The first-order valence-electron chi connectivity index (χ1n) is 7.43. The lowest BCUT2D eigenvalue weighted by molar-refractivity contribution is -0.146. The molecule has 2 aromatic carbocycles. The van der Waals surface area contributed by atoms with Gasteiger partial charge in [0.25, 0.3) is 0 Å². The summed E-state index contributed by atoms with van der Waals surface area (Å²) in [5.41, 5.74) is 1.50. The Hall–Kier alpha value is -2.09. The molecule has 0 bridgehead atoms. The second kappa shape index (κ2) is 5.03. The Morgan fingerprint density at radius 1 is 1.00 bits per heavy atom. The predicted molar refractivity (Wildman–Crippen MR) is 83.2 cm³/mol. The highest BCUT2D eigenvalue weighted by atomic mass is 16.5. The van der Waals surface area contributed by atoms with Crippen LogP contribution in [0.1, 0.15) is 31.4 Å². The van der Waals surface area contributed by atoms with Gasteiger partial charge in [0.15, 0.2) is 0 Å². The molecule has 0 radical (unpaired) electrons. The van der Waals surface area contributed by atoms with Crippen molar-refractivity contribution < 1.29 is 9.53 Å². The van der Waals surface area contributed by atoms with Crippen LogP contribution in [-0.2, 0) is 20.4 Å². The van der Waals surface area contributed by atoms with Crippen LogP contribution >= 0.6 is 0 Å². The molecule has 0 N–H and O–H groups in total. The predicted octanol–water partition coefficient (Wildman–Crippen LogP) is 3.85. The number of rotatable bonds is 4. The summed E-state index contributed by atoms with van der Waals surface area (Å²) in [6.45, 7) is 4.43. The molecule has 21 heavy (non-hydrogen) atoms. The van der Waals surface area contributed by atoms with Crippen molar-refractivity contribution in [1.82, 2.24) is 0 Å². The van der Waals surface area contributed by atoms with Crippen molar-refractivity contribution in [2.45, 2.75) is 31.1 Å². The lowest BCUT2D eigenvalue weighted by Crippen LogP contribution is -2.31. The van der Waals surface area contributed by atoms with Gasteiger partial charge in [-0.1, -0.05) is 67.6 Å². The van der Waals surface area contributed by atoms with Crippen molar-refractivity contribution in [3.8, 4) is 0 Å². The van der Waals surface area contributed by atoms with Crippen molar-refractivity contribution in [1.29, 1.82) is 0 Å². The van der Waals surface area contributed by atoms with Gasteiger partial charge < -0.3 is 4.74 Å². The van der Waals surface area contributed by atoms with Crippen LogP contribution in [0, 0.1) is 0 Å². The number of carbonyl (C=O) groups excluding carboxylic acids is 1. The number of hydrogen-bond acceptors (Lipinski definition) is 2. The molecule has 0 saturated heterocycles. The maximum absolute atomic E-state index is 12.7. The first kappa shape index (κ1) is 13.9. The standard InChI is InChI=1S/C19H20O2/c1-3-21-17(20)19(16-12-8-5-9-13-16)14-18(19,2)15-10-6-4-7-11-15/h4-13H,3,14H2,1-2H3/t18-,19-/m0/s1. The summed E-state index contributed by atoms with van der Waals surface area (Å²) in [5, 5.41) is 0. The molecule has 0 aromatic heterocycles. The average molecular weight is 280 g/mol. The first-order chi connectivity index (χ1) is 10.1. The minimum atomic E-state index is -0.550. The molecular formula is C19H20O2. The Morgan fingerprint density at radius 3 is 2.05 bits per heavy atom. The molecule has 2 aromatic rings. The van der Waals surface area contributed by atoms with Crippen molar-refractivity contribution in [3.63, 3.8) is 0 Å². The zero-order valence-electron chi connectivity index (χ0n) is 12.5. The molecule has 0 aliphatic heterocycles. The molecule has 1 aliphatic carbocycles. The van der Waals surface area contributed by atoms with Gasteiger partial charge in [-0.2, -0.15) is 0 Å². The fraction of sp³-hybridized carbons (Fsp3) is 0.316. The van der Waals surface area contributed by atoms with Crippen LogP contribution in [0.15, 0.2) is 60.7 Å². The number of esters is 1. The molecule has 2 nitrogen and oxygen atoms in total. The highest BCUT2D eigenvalue weighted by Gasteiger charge is 2.71. The van der Waals surface area contributed by atoms with Gasteiger partial charge >= 0.3 is 5.97 Å². The van der Waals surface area contributed by atoms with Crippen molar-refractivity contribution >= 4 is 5.97 Å². The second-order valence-electron chi connectivity index (χ2n) is 5.87. The Morgan fingerprint density at radius 2 is 1.52 bits per heavy atom.